The lowest BCUT2D eigenvalue weighted by atomic mass is 9.95. The molecule has 1 saturated heterocycles. The van der Waals surface area contributed by atoms with E-state index in [9.17, 15) is 14.4 Å². The number of hydrogen-bond acceptors (Lipinski definition) is 6. The highest BCUT2D eigenvalue weighted by molar-refractivity contribution is 5.98. The van der Waals surface area contributed by atoms with Gasteiger partial charge in [-0.2, -0.15) is 0 Å². The molecule has 0 saturated carbocycles. The van der Waals surface area contributed by atoms with Crippen LogP contribution in [-0.4, -0.2) is 47.4 Å². The maximum atomic E-state index is 12.6. The third kappa shape index (κ3) is 7.44. The molecule has 1 N–H and O–H groups in total. The molecule has 2 heterocycles. The summed E-state index contributed by atoms with van der Waals surface area (Å²) in [5, 5.41) is 6.53. The van der Waals surface area contributed by atoms with Crippen molar-refractivity contribution in [3.63, 3.8) is 0 Å². The number of benzene rings is 1. The van der Waals surface area contributed by atoms with Crippen LogP contribution in [0.1, 0.15) is 68.0 Å². The van der Waals surface area contributed by atoms with Gasteiger partial charge in [-0.1, -0.05) is 24.9 Å². The number of ether oxygens (including phenoxy) is 1. The van der Waals surface area contributed by atoms with Gasteiger partial charge in [0.1, 0.15) is 11.5 Å². The van der Waals surface area contributed by atoms with Crippen molar-refractivity contribution in [2.45, 2.75) is 58.8 Å². The Kier molecular flexibility index (Phi) is 9.04. The molecule has 1 aromatic heterocycles. The van der Waals surface area contributed by atoms with Crippen molar-refractivity contribution in [2.24, 2.45) is 5.92 Å². The van der Waals surface area contributed by atoms with Crippen LogP contribution < -0.4 is 10.1 Å². The van der Waals surface area contributed by atoms with E-state index in [0.717, 1.165) is 25.0 Å². The molecule has 1 aliphatic rings. The predicted octanol–water partition coefficient (Wildman–Crippen LogP) is 4.39. The number of anilines is 1. The number of Topliss-reactive ketones (excluding diaryl/α,β-unsaturated/α-hetero) is 1. The molecule has 8 nitrogen and oxygen atoms in total. The Labute approximate surface area is 194 Å². The number of aryl methyl sites for hydroxylation is 1. The summed E-state index contributed by atoms with van der Waals surface area (Å²) in [4.78, 5) is 39.2. The molecule has 0 bridgehead atoms. The first kappa shape index (κ1) is 24.5. The van der Waals surface area contributed by atoms with Gasteiger partial charge in [0, 0.05) is 43.5 Å². The third-order valence-electron chi connectivity index (χ3n) is 5.86. The number of hydrogen-bond donors (Lipinski definition) is 1. The quantitative estimate of drug-likeness (QED) is 0.398. The number of aromatic nitrogens is 1. The molecule has 0 spiro atoms. The molecule has 178 valence electrons. The molecule has 3 rings (SSSR count). The maximum absolute atomic E-state index is 12.6. The minimum atomic E-state index is -0.171. The van der Waals surface area contributed by atoms with Crippen LogP contribution in [0.5, 0.6) is 5.75 Å². The molecule has 2 amide bonds. The lowest BCUT2D eigenvalue weighted by Gasteiger charge is -2.31. The topological polar surface area (TPSA) is 102 Å². The number of likely N-dealkylation sites (tertiary alicyclic amines) is 1. The van der Waals surface area contributed by atoms with E-state index in [4.69, 9.17) is 9.26 Å². The molecule has 0 aliphatic carbocycles. The van der Waals surface area contributed by atoms with Gasteiger partial charge in [0.25, 0.3) is 0 Å². The summed E-state index contributed by atoms with van der Waals surface area (Å²) in [5.41, 5.74) is 0.585. The van der Waals surface area contributed by atoms with Crippen molar-refractivity contribution in [1.82, 2.24) is 10.1 Å². The van der Waals surface area contributed by atoms with E-state index in [1.165, 1.54) is 0 Å². The number of nitrogens with zero attached hydrogens (tertiary/aromatic N) is 2. The number of unbranched alkanes of at least 4 members (excludes halogenated alkanes) is 2. The Morgan fingerprint density at radius 3 is 2.48 bits per heavy atom. The zero-order valence-corrected chi connectivity index (χ0v) is 19.5. The van der Waals surface area contributed by atoms with Crippen LogP contribution >= 0.6 is 0 Å². The summed E-state index contributed by atoms with van der Waals surface area (Å²) in [7, 11) is 0. The average Bonchev–Trinajstić information content (AvgIpc) is 3.24. The Bertz CT molecular complexity index is 930. The first-order chi connectivity index (χ1) is 16.0. The smallest absolute Gasteiger partial charge is 0.228 e. The van der Waals surface area contributed by atoms with Crippen molar-refractivity contribution >= 4 is 23.4 Å². The van der Waals surface area contributed by atoms with E-state index < -0.39 is 0 Å². The molecule has 2 aromatic rings. The van der Waals surface area contributed by atoms with Gasteiger partial charge in [-0.25, -0.2) is 0 Å². The lowest BCUT2D eigenvalue weighted by molar-refractivity contribution is -0.134. The number of piperidine rings is 1. The van der Waals surface area contributed by atoms with E-state index in [1.54, 1.807) is 42.2 Å². The second kappa shape index (κ2) is 12.2. The van der Waals surface area contributed by atoms with Crippen LogP contribution in [0.15, 0.2) is 34.9 Å². The van der Waals surface area contributed by atoms with Crippen molar-refractivity contribution < 1.29 is 23.6 Å². The van der Waals surface area contributed by atoms with Gasteiger partial charge in [-0.05, 0) is 50.5 Å². The summed E-state index contributed by atoms with van der Waals surface area (Å²) in [5.74, 6) is 1.41. The van der Waals surface area contributed by atoms with Crippen LogP contribution in [-0.2, 0) is 9.59 Å². The molecule has 0 atom stereocenters. The van der Waals surface area contributed by atoms with Gasteiger partial charge in [0.15, 0.2) is 11.6 Å². The Morgan fingerprint density at radius 1 is 1.12 bits per heavy atom. The minimum absolute atomic E-state index is 0.0507. The van der Waals surface area contributed by atoms with E-state index in [0.29, 0.717) is 49.7 Å². The second-order valence-electron chi connectivity index (χ2n) is 8.47. The highest BCUT2D eigenvalue weighted by Crippen LogP contribution is 2.21. The number of rotatable bonds is 11. The van der Waals surface area contributed by atoms with Crippen LogP contribution in [0, 0.1) is 12.8 Å². The fraction of sp³-hybridized carbons (Fsp3) is 0.520. The summed E-state index contributed by atoms with van der Waals surface area (Å²) in [6.07, 6.45) is 4.81. The molecular weight excluding hydrogens is 422 g/mol. The zero-order valence-electron chi connectivity index (χ0n) is 19.5. The molecule has 1 aromatic carbocycles. The monoisotopic (exact) mass is 455 g/mol. The fourth-order valence-electron chi connectivity index (χ4n) is 3.85. The van der Waals surface area contributed by atoms with Crippen LogP contribution in [0.4, 0.5) is 5.82 Å². The van der Waals surface area contributed by atoms with Crippen LogP contribution in [0.3, 0.4) is 0 Å². The van der Waals surface area contributed by atoms with E-state index >= 15 is 0 Å². The summed E-state index contributed by atoms with van der Waals surface area (Å²) in [6, 6.07) is 8.78. The largest absolute Gasteiger partial charge is 0.494 e. The molecule has 0 radical (unpaired) electrons. The van der Waals surface area contributed by atoms with Gasteiger partial charge < -0.3 is 19.5 Å². The third-order valence-corrected chi connectivity index (χ3v) is 5.86. The number of ketones is 1. The first-order valence-corrected chi connectivity index (χ1v) is 11.7. The van der Waals surface area contributed by atoms with Gasteiger partial charge in [0.2, 0.25) is 11.8 Å². The Morgan fingerprint density at radius 2 is 1.85 bits per heavy atom. The number of amides is 2. The van der Waals surface area contributed by atoms with Gasteiger partial charge >= 0.3 is 0 Å². The predicted molar refractivity (Wildman–Crippen MR) is 124 cm³/mol. The lowest BCUT2D eigenvalue weighted by Crippen LogP contribution is -2.41. The molecule has 8 heteroatoms. The normalized spacial score (nSPS) is 14.2. The van der Waals surface area contributed by atoms with Crippen molar-refractivity contribution in [2.75, 3.05) is 25.0 Å². The molecule has 0 unspecified atom stereocenters. The van der Waals surface area contributed by atoms with Crippen LogP contribution in [0.2, 0.25) is 0 Å². The maximum Gasteiger partial charge on any atom is 0.228 e. The molecule has 1 aliphatic heterocycles. The van der Waals surface area contributed by atoms with Crippen molar-refractivity contribution in [1.29, 1.82) is 0 Å². The minimum Gasteiger partial charge on any atom is -0.494 e. The zero-order chi connectivity index (χ0) is 23.6. The molecule has 33 heavy (non-hydrogen) atoms. The van der Waals surface area contributed by atoms with E-state index in [-0.39, 0.29) is 36.4 Å². The van der Waals surface area contributed by atoms with E-state index in [2.05, 4.69) is 17.4 Å². The summed E-state index contributed by atoms with van der Waals surface area (Å²) < 4.78 is 10.6. The van der Waals surface area contributed by atoms with Gasteiger partial charge in [-0.3, -0.25) is 14.4 Å². The standard InChI is InChI=1S/C25H33N3O5/c1-3-4-5-16-32-21-8-6-19(7-9-21)22(29)10-11-24(30)28-14-12-20(13-15-28)25(31)26-23-17-18(2)33-27-23/h6-9,17,20H,3-5,10-16H2,1-2H3,(H,26,27,31). The van der Waals surface area contributed by atoms with Crippen molar-refractivity contribution in [3.8, 4) is 5.75 Å². The molecule has 1 fully saturated rings. The summed E-state index contributed by atoms with van der Waals surface area (Å²) in [6.45, 7) is 5.60. The average molecular weight is 456 g/mol. The first-order valence-electron chi connectivity index (χ1n) is 11.7. The number of nitrogens with one attached hydrogen (secondary N) is 1. The summed E-state index contributed by atoms with van der Waals surface area (Å²) >= 11 is 0. The number of carbonyl (C=O) groups excluding carboxylic acids is 3. The van der Waals surface area contributed by atoms with Crippen molar-refractivity contribution in [3.05, 3.63) is 41.7 Å². The highest BCUT2D eigenvalue weighted by atomic mass is 16.5. The SMILES string of the molecule is CCCCCOc1ccc(C(=O)CCC(=O)N2CCC(C(=O)Nc3cc(C)on3)CC2)cc1. The van der Waals surface area contributed by atoms with E-state index in [1.807, 2.05) is 0 Å². The highest BCUT2D eigenvalue weighted by Gasteiger charge is 2.28. The van der Waals surface area contributed by atoms with Gasteiger partial charge in [-0.15, -0.1) is 0 Å². The number of carbonyl (C=O) groups is 3. The van der Waals surface area contributed by atoms with Gasteiger partial charge in [0.05, 0.1) is 6.61 Å². The van der Waals surface area contributed by atoms with Crippen LogP contribution in [0.25, 0.3) is 0 Å². The Hall–Kier alpha value is -3.16. The molecular formula is C25H33N3O5. The second-order valence-corrected chi connectivity index (χ2v) is 8.47. The Balaban J connectivity index is 1.37. The fourth-order valence-corrected chi connectivity index (χ4v) is 3.85.